The van der Waals surface area contributed by atoms with E-state index in [9.17, 15) is 9.59 Å². The summed E-state index contributed by atoms with van der Waals surface area (Å²) in [7, 11) is 3.22. The van der Waals surface area contributed by atoms with E-state index in [2.05, 4.69) is 5.32 Å². The molecule has 5 nitrogen and oxygen atoms in total. The second-order valence-electron chi connectivity index (χ2n) is 3.57. The van der Waals surface area contributed by atoms with Crippen molar-refractivity contribution in [1.82, 2.24) is 15.1 Å². The Morgan fingerprint density at radius 2 is 2.07 bits per heavy atom. The van der Waals surface area contributed by atoms with Crippen molar-refractivity contribution in [3.63, 3.8) is 0 Å². The quantitative estimate of drug-likeness (QED) is 0.689. The van der Waals surface area contributed by atoms with Crippen LogP contribution in [0.1, 0.15) is 13.3 Å². The lowest BCUT2D eigenvalue weighted by Crippen LogP contribution is -2.60. The van der Waals surface area contributed by atoms with Gasteiger partial charge < -0.3 is 10.2 Å². The third-order valence-electron chi connectivity index (χ3n) is 2.34. The zero-order chi connectivity index (χ0) is 10.7. The van der Waals surface area contributed by atoms with Gasteiger partial charge in [-0.2, -0.15) is 0 Å². The number of nitrogens with zero attached hydrogens (tertiary/aromatic N) is 2. The van der Waals surface area contributed by atoms with Gasteiger partial charge in [-0.3, -0.25) is 9.69 Å². The number of likely N-dealkylation sites (N-methyl/N-ethyl adjacent to an activating group) is 2. The first-order valence-electron chi connectivity index (χ1n) is 4.84. The molecule has 1 unspecified atom stereocenters. The summed E-state index contributed by atoms with van der Waals surface area (Å²) in [4.78, 5) is 25.7. The third kappa shape index (κ3) is 2.04. The van der Waals surface area contributed by atoms with Crippen molar-refractivity contribution < 1.29 is 9.59 Å². The molecule has 5 heteroatoms. The molecule has 80 valence electrons. The van der Waals surface area contributed by atoms with Gasteiger partial charge in [0.25, 0.3) is 0 Å². The van der Waals surface area contributed by atoms with Crippen molar-refractivity contribution in [3.05, 3.63) is 0 Å². The summed E-state index contributed by atoms with van der Waals surface area (Å²) >= 11 is 0. The largest absolute Gasteiger partial charge is 0.326 e. The summed E-state index contributed by atoms with van der Waals surface area (Å²) in [6.45, 7) is 3.30. The Hall–Kier alpha value is -1.10. The summed E-state index contributed by atoms with van der Waals surface area (Å²) in [6.07, 6.45) is 0.977. The highest BCUT2D eigenvalue weighted by atomic mass is 16.2. The van der Waals surface area contributed by atoms with Crippen LogP contribution in [-0.4, -0.2) is 55.0 Å². The normalized spacial score (nSPS) is 23.2. The predicted octanol–water partition coefficient (Wildman–Crippen LogP) is -0.122. The molecule has 1 atom stereocenters. The highest BCUT2D eigenvalue weighted by Gasteiger charge is 2.34. The van der Waals surface area contributed by atoms with Gasteiger partial charge in [0.1, 0.15) is 6.04 Å². The van der Waals surface area contributed by atoms with Crippen LogP contribution in [0.4, 0.5) is 4.79 Å². The first-order valence-corrected chi connectivity index (χ1v) is 4.84. The van der Waals surface area contributed by atoms with Gasteiger partial charge >= 0.3 is 6.03 Å². The first-order chi connectivity index (χ1) is 6.57. The Balaban J connectivity index is 2.61. The number of imide groups is 1. The van der Waals surface area contributed by atoms with E-state index in [0.29, 0.717) is 6.54 Å². The number of urea groups is 1. The Labute approximate surface area is 84.0 Å². The molecule has 0 aromatic heterocycles. The van der Waals surface area contributed by atoms with Crippen LogP contribution in [0.3, 0.4) is 0 Å². The number of carbonyl (C=O) groups excluding carboxylic acids is 2. The van der Waals surface area contributed by atoms with E-state index < -0.39 is 0 Å². The molecule has 14 heavy (non-hydrogen) atoms. The van der Waals surface area contributed by atoms with Gasteiger partial charge in [0.05, 0.1) is 0 Å². The number of rotatable bonds is 3. The van der Waals surface area contributed by atoms with Crippen LogP contribution in [0.15, 0.2) is 0 Å². The van der Waals surface area contributed by atoms with Gasteiger partial charge in [0.2, 0.25) is 5.91 Å². The lowest BCUT2D eigenvalue weighted by Gasteiger charge is -2.34. The van der Waals surface area contributed by atoms with E-state index >= 15 is 0 Å². The summed E-state index contributed by atoms with van der Waals surface area (Å²) in [5.74, 6) is -0.137. The van der Waals surface area contributed by atoms with Crippen molar-refractivity contribution >= 4 is 11.9 Å². The van der Waals surface area contributed by atoms with E-state index in [1.54, 1.807) is 11.9 Å². The molecule has 1 rings (SSSR count). The molecule has 3 amide bonds. The SMILES string of the molecule is CCCNC1CN(C)C(=O)N(C)C1=O. The minimum Gasteiger partial charge on any atom is -0.325 e. The molecule has 0 aromatic rings. The second-order valence-corrected chi connectivity index (χ2v) is 3.57. The zero-order valence-electron chi connectivity index (χ0n) is 8.91. The van der Waals surface area contributed by atoms with Crippen molar-refractivity contribution in [2.45, 2.75) is 19.4 Å². The molecule has 1 heterocycles. The first kappa shape index (κ1) is 11.0. The van der Waals surface area contributed by atoms with Gasteiger partial charge in [0, 0.05) is 20.6 Å². The summed E-state index contributed by atoms with van der Waals surface area (Å²) in [5.41, 5.74) is 0. The predicted molar refractivity (Wildman–Crippen MR) is 52.9 cm³/mol. The summed E-state index contributed by atoms with van der Waals surface area (Å²) in [6, 6.07) is -0.479. The molecule has 1 saturated heterocycles. The van der Waals surface area contributed by atoms with E-state index in [1.165, 1.54) is 7.05 Å². The fraction of sp³-hybridized carbons (Fsp3) is 0.778. The number of hydrogen-bond acceptors (Lipinski definition) is 3. The van der Waals surface area contributed by atoms with E-state index in [0.717, 1.165) is 17.9 Å². The molecule has 0 spiro atoms. The molecule has 0 aromatic carbocycles. The van der Waals surface area contributed by atoms with Crippen LogP contribution >= 0.6 is 0 Å². The molecule has 0 radical (unpaired) electrons. The van der Waals surface area contributed by atoms with Gasteiger partial charge in [0.15, 0.2) is 0 Å². The fourth-order valence-corrected chi connectivity index (χ4v) is 1.48. The maximum absolute atomic E-state index is 11.6. The Morgan fingerprint density at radius 3 is 2.64 bits per heavy atom. The second kappa shape index (κ2) is 4.41. The van der Waals surface area contributed by atoms with Crippen molar-refractivity contribution in [2.75, 3.05) is 27.2 Å². The number of carbonyl (C=O) groups is 2. The maximum Gasteiger partial charge on any atom is 0.326 e. The highest BCUT2D eigenvalue weighted by Crippen LogP contribution is 2.06. The van der Waals surface area contributed by atoms with Crippen LogP contribution < -0.4 is 5.32 Å². The average molecular weight is 199 g/mol. The molecule has 0 aliphatic carbocycles. The van der Waals surface area contributed by atoms with Crippen LogP contribution in [0.5, 0.6) is 0 Å². The van der Waals surface area contributed by atoms with E-state index in [-0.39, 0.29) is 18.0 Å². The van der Waals surface area contributed by atoms with Crippen LogP contribution in [0.2, 0.25) is 0 Å². The van der Waals surface area contributed by atoms with Crippen LogP contribution in [-0.2, 0) is 4.79 Å². The third-order valence-corrected chi connectivity index (χ3v) is 2.34. The summed E-state index contributed by atoms with van der Waals surface area (Å²) in [5, 5.41) is 3.12. The molecular formula is C9H17N3O2. The Kier molecular flexibility index (Phi) is 3.46. The Morgan fingerprint density at radius 1 is 1.43 bits per heavy atom. The van der Waals surface area contributed by atoms with Gasteiger partial charge in [-0.05, 0) is 13.0 Å². The van der Waals surface area contributed by atoms with E-state index in [1.807, 2.05) is 6.92 Å². The zero-order valence-corrected chi connectivity index (χ0v) is 8.91. The molecule has 1 aliphatic rings. The topological polar surface area (TPSA) is 52.7 Å². The van der Waals surface area contributed by atoms with Crippen LogP contribution in [0, 0.1) is 0 Å². The lowest BCUT2D eigenvalue weighted by molar-refractivity contribution is -0.132. The minimum absolute atomic E-state index is 0.137. The average Bonchev–Trinajstić information content (AvgIpc) is 2.18. The lowest BCUT2D eigenvalue weighted by atomic mass is 10.2. The monoisotopic (exact) mass is 199 g/mol. The number of amides is 3. The number of nitrogens with one attached hydrogen (secondary N) is 1. The Bertz CT molecular complexity index is 242. The molecular weight excluding hydrogens is 182 g/mol. The minimum atomic E-state index is -0.248. The maximum atomic E-state index is 11.6. The van der Waals surface area contributed by atoms with Gasteiger partial charge in [-0.15, -0.1) is 0 Å². The van der Waals surface area contributed by atoms with E-state index in [4.69, 9.17) is 0 Å². The molecule has 1 aliphatic heterocycles. The van der Waals surface area contributed by atoms with Crippen molar-refractivity contribution in [3.8, 4) is 0 Å². The standard InChI is InChI=1S/C9H17N3O2/c1-4-5-10-7-6-11(2)9(14)12(3)8(7)13/h7,10H,4-6H2,1-3H3. The van der Waals surface area contributed by atoms with Crippen molar-refractivity contribution in [1.29, 1.82) is 0 Å². The number of hydrogen-bond donors (Lipinski definition) is 1. The fourth-order valence-electron chi connectivity index (χ4n) is 1.48. The molecule has 0 bridgehead atoms. The smallest absolute Gasteiger partial charge is 0.325 e. The molecule has 1 fully saturated rings. The summed E-state index contributed by atoms with van der Waals surface area (Å²) < 4.78 is 0. The van der Waals surface area contributed by atoms with Gasteiger partial charge in [-0.1, -0.05) is 6.92 Å². The molecule has 1 N–H and O–H groups in total. The van der Waals surface area contributed by atoms with Crippen molar-refractivity contribution in [2.24, 2.45) is 0 Å². The van der Waals surface area contributed by atoms with Crippen LogP contribution in [0.25, 0.3) is 0 Å². The van der Waals surface area contributed by atoms with Gasteiger partial charge in [-0.25, -0.2) is 4.79 Å². The highest BCUT2D eigenvalue weighted by molar-refractivity contribution is 5.99. The molecule has 0 saturated carbocycles.